The van der Waals surface area contributed by atoms with Crippen LogP contribution in [0.25, 0.3) is 0 Å². The lowest BCUT2D eigenvalue weighted by Crippen LogP contribution is -2.42. The quantitative estimate of drug-likeness (QED) is 0.845. The van der Waals surface area contributed by atoms with Gasteiger partial charge in [-0.2, -0.15) is 0 Å². The highest BCUT2D eigenvalue weighted by Gasteiger charge is 2.26. The molecule has 0 atom stereocenters. The molecule has 3 heterocycles. The van der Waals surface area contributed by atoms with E-state index in [1.807, 2.05) is 4.90 Å². The number of morpholine rings is 1. The van der Waals surface area contributed by atoms with Crippen LogP contribution in [-0.2, 0) is 9.53 Å². The predicted octanol–water partition coefficient (Wildman–Crippen LogP) is 1.60. The van der Waals surface area contributed by atoms with Crippen LogP contribution < -0.4 is 4.90 Å². The fraction of sp³-hybridized carbons (Fsp3) is 0.667. The fourth-order valence-corrected chi connectivity index (χ4v) is 3.30. The third-order valence-corrected chi connectivity index (χ3v) is 4.66. The zero-order valence-corrected chi connectivity index (χ0v) is 13.3. The van der Waals surface area contributed by atoms with Crippen LogP contribution in [0, 0.1) is 5.92 Å². The number of aromatic nitrogens is 2. The largest absolute Gasteiger partial charge is 0.378 e. The summed E-state index contributed by atoms with van der Waals surface area (Å²) >= 11 is 6.14. The van der Waals surface area contributed by atoms with Crippen molar-refractivity contribution in [1.29, 1.82) is 0 Å². The Hall–Kier alpha value is -1.40. The molecule has 0 N–H and O–H groups in total. The maximum Gasteiger partial charge on any atom is 0.223 e. The molecule has 2 saturated heterocycles. The molecule has 0 aromatic carbocycles. The van der Waals surface area contributed by atoms with Crippen molar-refractivity contribution in [3.63, 3.8) is 0 Å². The number of anilines is 1. The van der Waals surface area contributed by atoms with Crippen LogP contribution in [0.3, 0.4) is 0 Å². The Morgan fingerprint density at radius 1 is 1.27 bits per heavy atom. The predicted molar refractivity (Wildman–Crippen MR) is 84.0 cm³/mol. The van der Waals surface area contributed by atoms with Gasteiger partial charge in [-0.15, -0.1) is 0 Å². The Bertz CT molecular complexity index is 514. The first-order chi connectivity index (χ1) is 10.7. The van der Waals surface area contributed by atoms with E-state index in [1.54, 1.807) is 6.20 Å². The summed E-state index contributed by atoms with van der Waals surface area (Å²) in [4.78, 5) is 24.6. The molecule has 1 aromatic rings. The van der Waals surface area contributed by atoms with E-state index >= 15 is 0 Å². The topological polar surface area (TPSA) is 58.6 Å². The standard InChI is InChI=1S/C15H21ClN4O2/c16-13-10-17-11-18-15(13)20-3-1-12(2-4-20)9-14(21)19-5-7-22-8-6-19/h10-12H,1-9H2. The van der Waals surface area contributed by atoms with Gasteiger partial charge in [0.1, 0.15) is 11.3 Å². The molecule has 120 valence electrons. The molecular weight excluding hydrogens is 304 g/mol. The van der Waals surface area contributed by atoms with Crippen LogP contribution in [0.2, 0.25) is 5.02 Å². The molecule has 22 heavy (non-hydrogen) atoms. The molecule has 0 spiro atoms. The third kappa shape index (κ3) is 3.67. The molecule has 2 fully saturated rings. The van der Waals surface area contributed by atoms with E-state index < -0.39 is 0 Å². The molecule has 0 aliphatic carbocycles. The lowest BCUT2D eigenvalue weighted by atomic mass is 9.93. The molecule has 0 saturated carbocycles. The Labute approximate surface area is 135 Å². The Morgan fingerprint density at radius 3 is 2.68 bits per heavy atom. The van der Waals surface area contributed by atoms with Crippen molar-refractivity contribution in [3.05, 3.63) is 17.5 Å². The molecular formula is C15H21ClN4O2. The van der Waals surface area contributed by atoms with Gasteiger partial charge in [0.25, 0.3) is 0 Å². The number of halogens is 1. The van der Waals surface area contributed by atoms with E-state index in [4.69, 9.17) is 16.3 Å². The van der Waals surface area contributed by atoms with E-state index in [-0.39, 0.29) is 5.91 Å². The van der Waals surface area contributed by atoms with Crippen LogP contribution >= 0.6 is 11.6 Å². The smallest absolute Gasteiger partial charge is 0.223 e. The molecule has 0 bridgehead atoms. The molecule has 1 aromatic heterocycles. The van der Waals surface area contributed by atoms with Crippen molar-refractivity contribution in [2.75, 3.05) is 44.3 Å². The first-order valence-corrected chi connectivity index (χ1v) is 8.18. The zero-order valence-electron chi connectivity index (χ0n) is 12.6. The number of hydrogen-bond acceptors (Lipinski definition) is 5. The molecule has 2 aliphatic rings. The van der Waals surface area contributed by atoms with E-state index in [0.29, 0.717) is 30.6 Å². The van der Waals surface area contributed by atoms with Crippen molar-refractivity contribution in [3.8, 4) is 0 Å². The Morgan fingerprint density at radius 2 is 2.00 bits per heavy atom. The van der Waals surface area contributed by atoms with Crippen molar-refractivity contribution >= 4 is 23.3 Å². The number of amides is 1. The summed E-state index contributed by atoms with van der Waals surface area (Å²) in [5.74, 6) is 1.52. The first kappa shape index (κ1) is 15.5. The lowest BCUT2D eigenvalue weighted by molar-refractivity contribution is -0.136. The Balaban J connectivity index is 1.49. The highest BCUT2D eigenvalue weighted by atomic mass is 35.5. The van der Waals surface area contributed by atoms with Crippen molar-refractivity contribution in [2.45, 2.75) is 19.3 Å². The van der Waals surface area contributed by atoms with Gasteiger partial charge >= 0.3 is 0 Å². The number of rotatable bonds is 3. The van der Waals surface area contributed by atoms with E-state index in [2.05, 4.69) is 14.9 Å². The minimum absolute atomic E-state index is 0.266. The van der Waals surface area contributed by atoms with Crippen LogP contribution in [0.5, 0.6) is 0 Å². The maximum absolute atomic E-state index is 12.3. The number of nitrogens with zero attached hydrogens (tertiary/aromatic N) is 4. The summed E-state index contributed by atoms with van der Waals surface area (Å²) in [5.41, 5.74) is 0. The summed E-state index contributed by atoms with van der Waals surface area (Å²) in [7, 11) is 0. The van der Waals surface area contributed by atoms with Crippen molar-refractivity contribution in [2.24, 2.45) is 5.92 Å². The summed E-state index contributed by atoms with van der Waals surface area (Å²) in [6.45, 7) is 4.56. The lowest BCUT2D eigenvalue weighted by Gasteiger charge is -2.34. The van der Waals surface area contributed by atoms with E-state index in [0.717, 1.165) is 44.8 Å². The van der Waals surface area contributed by atoms with Crippen LogP contribution in [0.1, 0.15) is 19.3 Å². The SMILES string of the molecule is O=C(CC1CCN(c2ncncc2Cl)CC1)N1CCOCC1. The number of ether oxygens (including phenoxy) is 1. The van der Waals surface area contributed by atoms with Crippen LogP contribution in [0.4, 0.5) is 5.82 Å². The summed E-state index contributed by atoms with van der Waals surface area (Å²) in [6, 6.07) is 0. The fourth-order valence-electron chi connectivity index (χ4n) is 3.08. The normalized spacial score (nSPS) is 20.2. The summed E-state index contributed by atoms with van der Waals surface area (Å²) < 4.78 is 5.29. The molecule has 0 radical (unpaired) electrons. The van der Waals surface area contributed by atoms with Crippen LogP contribution in [-0.4, -0.2) is 60.2 Å². The van der Waals surface area contributed by atoms with Gasteiger partial charge in [-0.05, 0) is 18.8 Å². The average molecular weight is 325 g/mol. The molecule has 3 rings (SSSR count). The van der Waals surface area contributed by atoms with Crippen molar-refractivity contribution < 1.29 is 9.53 Å². The highest BCUT2D eigenvalue weighted by molar-refractivity contribution is 6.32. The summed E-state index contributed by atoms with van der Waals surface area (Å²) in [5, 5.41) is 0.588. The van der Waals surface area contributed by atoms with Gasteiger partial charge in [-0.3, -0.25) is 4.79 Å². The maximum atomic E-state index is 12.3. The average Bonchev–Trinajstić information content (AvgIpc) is 2.57. The van der Waals surface area contributed by atoms with E-state index in [1.165, 1.54) is 6.33 Å². The van der Waals surface area contributed by atoms with Gasteiger partial charge in [0.2, 0.25) is 5.91 Å². The highest BCUT2D eigenvalue weighted by Crippen LogP contribution is 2.28. The molecule has 6 nitrogen and oxygen atoms in total. The van der Waals surface area contributed by atoms with E-state index in [9.17, 15) is 4.79 Å². The molecule has 7 heteroatoms. The third-order valence-electron chi connectivity index (χ3n) is 4.39. The molecule has 1 amide bonds. The van der Waals surface area contributed by atoms with Gasteiger partial charge in [-0.1, -0.05) is 11.6 Å². The number of piperidine rings is 1. The summed E-state index contributed by atoms with van der Waals surface area (Å²) in [6.07, 6.45) is 5.78. The second-order valence-corrected chi connectivity index (χ2v) is 6.23. The monoisotopic (exact) mass is 324 g/mol. The van der Waals surface area contributed by atoms with Gasteiger partial charge in [0, 0.05) is 32.6 Å². The molecule has 0 unspecified atom stereocenters. The number of carbonyl (C=O) groups is 1. The Kier molecular flexibility index (Phi) is 5.10. The minimum atomic E-state index is 0.266. The van der Waals surface area contributed by atoms with Crippen LogP contribution in [0.15, 0.2) is 12.5 Å². The van der Waals surface area contributed by atoms with Gasteiger partial charge in [0.05, 0.1) is 19.4 Å². The first-order valence-electron chi connectivity index (χ1n) is 7.80. The van der Waals surface area contributed by atoms with Gasteiger partial charge < -0.3 is 14.5 Å². The molecule has 2 aliphatic heterocycles. The zero-order chi connectivity index (χ0) is 15.4. The second kappa shape index (κ2) is 7.24. The second-order valence-electron chi connectivity index (χ2n) is 5.82. The number of hydrogen-bond donors (Lipinski definition) is 0. The minimum Gasteiger partial charge on any atom is -0.378 e. The van der Waals surface area contributed by atoms with Crippen molar-refractivity contribution in [1.82, 2.24) is 14.9 Å². The number of carbonyl (C=O) groups excluding carboxylic acids is 1. The van der Waals surface area contributed by atoms with Gasteiger partial charge in [-0.25, -0.2) is 9.97 Å². The van der Waals surface area contributed by atoms with Gasteiger partial charge in [0.15, 0.2) is 5.82 Å².